The van der Waals surface area contributed by atoms with Crippen molar-refractivity contribution in [1.82, 2.24) is 4.98 Å². The molecule has 0 saturated heterocycles. The monoisotopic (exact) mass is 668 g/mol. The third kappa shape index (κ3) is 5.65. The summed E-state index contributed by atoms with van der Waals surface area (Å²) in [5.41, 5.74) is 12.9. The third-order valence-corrected chi connectivity index (χ3v) is 9.06. The van der Waals surface area contributed by atoms with Crippen molar-refractivity contribution in [3.63, 3.8) is 0 Å². The van der Waals surface area contributed by atoms with Crippen LogP contribution in [0, 0.1) is 0 Å². The van der Waals surface area contributed by atoms with Gasteiger partial charge in [0.05, 0.1) is 0 Å². The van der Waals surface area contributed by atoms with Crippen LogP contribution in [0.4, 0.5) is 17.1 Å². The number of nitrogens with zero attached hydrogens (tertiary/aromatic N) is 2. The minimum atomic E-state index is 0.610. The Kier molecular flexibility index (Phi) is 7.70. The average molecular weight is 670 g/mol. The van der Waals surface area contributed by atoms with Crippen LogP contribution >= 0.6 is 15.9 Å². The summed E-state index contributed by atoms with van der Waals surface area (Å²) < 4.78 is 6.99. The molecule has 8 aromatic rings. The number of halogens is 1. The van der Waals surface area contributed by atoms with Crippen LogP contribution in [0.5, 0.6) is 0 Å². The van der Waals surface area contributed by atoms with E-state index < -0.39 is 0 Å². The Morgan fingerprint density at radius 2 is 0.851 bits per heavy atom. The Balaban J connectivity index is 1.14. The normalized spacial score (nSPS) is 11.1. The number of fused-ring (bicyclic) bond motifs is 1. The molecule has 0 radical (unpaired) electrons. The number of oxazole rings is 1. The van der Waals surface area contributed by atoms with Crippen LogP contribution in [-0.4, -0.2) is 4.98 Å². The second-order valence-electron chi connectivity index (χ2n) is 11.3. The summed E-state index contributed by atoms with van der Waals surface area (Å²) in [5.74, 6) is 0.610. The maximum absolute atomic E-state index is 6.07. The van der Waals surface area contributed by atoms with Crippen molar-refractivity contribution in [1.29, 1.82) is 0 Å². The van der Waals surface area contributed by atoms with E-state index in [-0.39, 0.29) is 0 Å². The van der Waals surface area contributed by atoms with Gasteiger partial charge >= 0.3 is 0 Å². The van der Waals surface area contributed by atoms with Gasteiger partial charge in [0.2, 0.25) is 5.89 Å². The maximum Gasteiger partial charge on any atom is 0.227 e. The Labute approximate surface area is 282 Å². The predicted molar refractivity (Wildman–Crippen MR) is 198 cm³/mol. The van der Waals surface area contributed by atoms with Crippen LogP contribution in [0.25, 0.3) is 55.9 Å². The molecule has 8 rings (SSSR count). The second-order valence-corrected chi connectivity index (χ2v) is 12.2. The number of benzene rings is 7. The minimum Gasteiger partial charge on any atom is -0.436 e. The van der Waals surface area contributed by atoms with Gasteiger partial charge < -0.3 is 9.32 Å². The van der Waals surface area contributed by atoms with E-state index in [0.717, 1.165) is 49.3 Å². The lowest BCUT2D eigenvalue weighted by Crippen LogP contribution is -2.09. The molecule has 3 nitrogen and oxygen atoms in total. The summed E-state index contributed by atoms with van der Waals surface area (Å²) >= 11 is 3.58. The van der Waals surface area contributed by atoms with Gasteiger partial charge in [0.15, 0.2) is 5.58 Å². The van der Waals surface area contributed by atoms with Gasteiger partial charge in [0.1, 0.15) is 5.52 Å². The molecule has 0 atom stereocenters. The molecule has 0 bridgehead atoms. The number of anilines is 3. The summed E-state index contributed by atoms with van der Waals surface area (Å²) in [6.07, 6.45) is 0. The fourth-order valence-corrected chi connectivity index (χ4v) is 6.60. The number of hydrogen-bond acceptors (Lipinski definition) is 3. The van der Waals surface area contributed by atoms with Crippen molar-refractivity contribution in [2.24, 2.45) is 0 Å². The molecule has 0 aliphatic heterocycles. The molecule has 0 aliphatic rings. The van der Waals surface area contributed by atoms with Crippen LogP contribution < -0.4 is 4.90 Å². The lowest BCUT2D eigenvalue weighted by atomic mass is 9.89. The fraction of sp³-hybridized carbons (Fsp3) is 0. The topological polar surface area (TPSA) is 29.3 Å². The van der Waals surface area contributed by atoms with Crippen molar-refractivity contribution in [3.8, 4) is 44.8 Å². The lowest BCUT2D eigenvalue weighted by Gasteiger charge is -2.25. The zero-order chi connectivity index (χ0) is 31.6. The first-order valence-corrected chi connectivity index (χ1v) is 16.4. The highest BCUT2D eigenvalue weighted by molar-refractivity contribution is 9.10. The summed E-state index contributed by atoms with van der Waals surface area (Å²) in [7, 11) is 0. The largest absolute Gasteiger partial charge is 0.436 e. The zero-order valence-electron chi connectivity index (χ0n) is 25.4. The van der Waals surface area contributed by atoms with Gasteiger partial charge in [-0.1, -0.05) is 115 Å². The SMILES string of the molecule is Brc1cccc2oc(-c3ccc(-c4ccccc4-c4ccccc4-c4ccc(N(c5ccccc5)c5ccccc5)cc4)cc3)nc12. The maximum atomic E-state index is 6.07. The molecule has 7 aromatic carbocycles. The van der Waals surface area contributed by atoms with Gasteiger partial charge in [-0.15, -0.1) is 0 Å². The smallest absolute Gasteiger partial charge is 0.227 e. The van der Waals surface area contributed by atoms with Crippen LogP contribution in [0.1, 0.15) is 0 Å². The molecule has 0 unspecified atom stereocenters. The van der Waals surface area contributed by atoms with E-state index in [0.29, 0.717) is 5.89 Å². The van der Waals surface area contributed by atoms with Gasteiger partial charge in [0, 0.05) is 27.1 Å². The molecule has 1 aromatic heterocycles. The number of hydrogen-bond donors (Lipinski definition) is 0. The summed E-state index contributed by atoms with van der Waals surface area (Å²) in [5, 5.41) is 0. The van der Waals surface area contributed by atoms with Crippen molar-refractivity contribution >= 4 is 44.1 Å². The number of para-hydroxylation sites is 3. The van der Waals surface area contributed by atoms with Gasteiger partial charge in [-0.2, -0.15) is 0 Å². The van der Waals surface area contributed by atoms with E-state index in [9.17, 15) is 0 Å². The molecular formula is C43H29BrN2O. The summed E-state index contributed by atoms with van der Waals surface area (Å²) in [6, 6.07) is 61.5. The second kappa shape index (κ2) is 12.6. The molecule has 0 N–H and O–H groups in total. The van der Waals surface area contributed by atoms with E-state index in [1.807, 2.05) is 18.2 Å². The molecule has 0 aliphatic carbocycles. The average Bonchev–Trinajstić information content (AvgIpc) is 3.59. The highest BCUT2D eigenvalue weighted by Crippen LogP contribution is 2.40. The van der Waals surface area contributed by atoms with E-state index in [1.54, 1.807) is 0 Å². The van der Waals surface area contributed by atoms with Crippen molar-refractivity contribution < 1.29 is 4.42 Å². The predicted octanol–water partition coefficient (Wildman–Crippen LogP) is 12.7. The first-order valence-electron chi connectivity index (χ1n) is 15.6. The Morgan fingerprint density at radius 3 is 1.38 bits per heavy atom. The molecular weight excluding hydrogens is 640 g/mol. The standard InChI is InChI=1S/C43H29BrN2O/c44-40-20-11-21-41-42(40)45-43(47-41)32-24-22-30(23-25-32)36-16-7-9-18-38(36)39-19-10-8-17-37(39)31-26-28-35(29-27-31)46(33-12-3-1-4-13-33)34-14-5-2-6-15-34/h1-29H. The van der Waals surface area contributed by atoms with E-state index in [1.165, 1.54) is 22.3 Å². The van der Waals surface area contributed by atoms with E-state index >= 15 is 0 Å². The quantitative estimate of drug-likeness (QED) is 0.169. The van der Waals surface area contributed by atoms with Crippen LogP contribution in [0.2, 0.25) is 0 Å². The van der Waals surface area contributed by atoms with Crippen LogP contribution in [-0.2, 0) is 0 Å². The summed E-state index contributed by atoms with van der Waals surface area (Å²) in [4.78, 5) is 7.02. The number of aromatic nitrogens is 1. The van der Waals surface area contributed by atoms with Gasteiger partial charge in [-0.3, -0.25) is 0 Å². The molecule has 1 heterocycles. The van der Waals surface area contributed by atoms with Gasteiger partial charge in [-0.25, -0.2) is 4.98 Å². The first kappa shape index (κ1) is 28.7. The van der Waals surface area contributed by atoms with E-state index in [2.05, 4.69) is 179 Å². The highest BCUT2D eigenvalue weighted by atomic mass is 79.9. The Morgan fingerprint density at radius 1 is 0.404 bits per heavy atom. The molecule has 224 valence electrons. The fourth-order valence-electron chi connectivity index (χ4n) is 6.16. The van der Waals surface area contributed by atoms with Crippen molar-refractivity contribution in [2.45, 2.75) is 0 Å². The molecule has 4 heteroatoms. The Hall–Kier alpha value is -5.71. The zero-order valence-corrected chi connectivity index (χ0v) is 27.0. The van der Waals surface area contributed by atoms with Crippen molar-refractivity contribution in [3.05, 3.63) is 180 Å². The van der Waals surface area contributed by atoms with Crippen LogP contribution in [0.15, 0.2) is 185 Å². The highest BCUT2D eigenvalue weighted by Gasteiger charge is 2.16. The number of rotatable bonds is 7. The lowest BCUT2D eigenvalue weighted by molar-refractivity contribution is 0.620. The third-order valence-electron chi connectivity index (χ3n) is 8.42. The van der Waals surface area contributed by atoms with Gasteiger partial charge in [-0.05, 0) is 110 Å². The molecule has 0 fully saturated rings. The molecule has 0 saturated carbocycles. The first-order chi connectivity index (χ1) is 23.2. The summed E-state index contributed by atoms with van der Waals surface area (Å²) in [6.45, 7) is 0. The molecule has 47 heavy (non-hydrogen) atoms. The van der Waals surface area contributed by atoms with Gasteiger partial charge in [0.25, 0.3) is 0 Å². The van der Waals surface area contributed by atoms with Crippen LogP contribution in [0.3, 0.4) is 0 Å². The van der Waals surface area contributed by atoms with E-state index in [4.69, 9.17) is 9.40 Å². The van der Waals surface area contributed by atoms with Crippen molar-refractivity contribution in [2.75, 3.05) is 4.90 Å². The molecule has 0 amide bonds. The molecule has 0 spiro atoms. The minimum absolute atomic E-state index is 0.610. The Bertz CT molecular complexity index is 2250.